The third kappa shape index (κ3) is 4.77. The first kappa shape index (κ1) is 11.7. The molecule has 0 aromatic heterocycles. The van der Waals surface area contributed by atoms with Crippen LogP contribution in [-0.2, 0) is 0 Å². The Labute approximate surface area is 88.4 Å². The standard InChI is InChI=1S/C12H24N2/c1-11-5-8-14(9-6-11)10-7-13-12(2,3)4/h5,13H,6-10H2,1-4H3. The second kappa shape index (κ2) is 4.94. The van der Waals surface area contributed by atoms with E-state index in [1.54, 1.807) is 5.57 Å². The van der Waals surface area contributed by atoms with Gasteiger partial charge in [0.2, 0.25) is 0 Å². The highest BCUT2D eigenvalue weighted by molar-refractivity contribution is 5.03. The molecule has 0 aromatic carbocycles. The summed E-state index contributed by atoms with van der Waals surface area (Å²) in [5.74, 6) is 0. The normalized spacial score (nSPS) is 19.6. The van der Waals surface area contributed by atoms with Crippen molar-refractivity contribution in [2.24, 2.45) is 0 Å². The van der Waals surface area contributed by atoms with Gasteiger partial charge in [-0.3, -0.25) is 4.90 Å². The molecule has 0 radical (unpaired) electrons. The van der Waals surface area contributed by atoms with Gasteiger partial charge in [-0.05, 0) is 34.1 Å². The fraction of sp³-hybridized carbons (Fsp3) is 0.833. The lowest BCUT2D eigenvalue weighted by atomic mass is 10.1. The lowest BCUT2D eigenvalue weighted by Crippen LogP contribution is -2.42. The van der Waals surface area contributed by atoms with Crippen LogP contribution in [-0.4, -0.2) is 36.6 Å². The van der Waals surface area contributed by atoms with Gasteiger partial charge in [0.05, 0.1) is 0 Å². The third-order valence-corrected chi connectivity index (χ3v) is 2.60. The smallest absolute Gasteiger partial charge is 0.0166 e. The van der Waals surface area contributed by atoms with Crippen LogP contribution in [0.3, 0.4) is 0 Å². The quantitative estimate of drug-likeness (QED) is 0.695. The minimum Gasteiger partial charge on any atom is -0.311 e. The first-order valence-corrected chi connectivity index (χ1v) is 5.60. The summed E-state index contributed by atoms with van der Waals surface area (Å²) in [6, 6.07) is 0. The van der Waals surface area contributed by atoms with Crippen LogP contribution in [0, 0.1) is 0 Å². The minimum atomic E-state index is 0.252. The number of hydrogen-bond acceptors (Lipinski definition) is 2. The Balaban J connectivity index is 2.14. The van der Waals surface area contributed by atoms with E-state index >= 15 is 0 Å². The maximum atomic E-state index is 3.52. The molecule has 1 heterocycles. The van der Waals surface area contributed by atoms with Crippen LogP contribution in [0.4, 0.5) is 0 Å². The van der Waals surface area contributed by atoms with Crippen LogP contribution in [0.25, 0.3) is 0 Å². The van der Waals surface area contributed by atoms with Gasteiger partial charge in [0.1, 0.15) is 0 Å². The van der Waals surface area contributed by atoms with Gasteiger partial charge in [-0.2, -0.15) is 0 Å². The van der Waals surface area contributed by atoms with E-state index < -0.39 is 0 Å². The van der Waals surface area contributed by atoms with E-state index in [4.69, 9.17) is 0 Å². The summed E-state index contributed by atoms with van der Waals surface area (Å²) in [6.45, 7) is 13.5. The van der Waals surface area contributed by atoms with Gasteiger partial charge in [-0.1, -0.05) is 11.6 Å². The molecule has 0 saturated carbocycles. The summed E-state index contributed by atoms with van der Waals surface area (Å²) in [4.78, 5) is 2.51. The Bertz CT molecular complexity index is 201. The topological polar surface area (TPSA) is 15.3 Å². The lowest BCUT2D eigenvalue weighted by molar-refractivity contribution is 0.278. The molecule has 0 bridgehead atoms. The van der Waals surface area contributed by atoms with E-state index in [9.17, 15) is 0 Å². The Morgan fingerprint density at radius 1 is 1.43 bits per heavy atom. The number of hydrogen-bond donors (Lipinski definition) is 1. The van der Waals surface area contributed by atoms with Crippen molar-refractivity contribution in [1.29, 1.82) is 0 Å². The molecule has 14 heavy (non-hydrogen) atoms. The molecule has 0 amide bonds. The molecular weight excluding hydrogens is 172 g/mol. The zero-order valence-corrected chi connectivity index (χ0v) is 10.1. The molecule has 2 nitrogen and oxygen atoms in total. The van der Waals surface area contributed by atoms with Crippen molar-refractivity contribution in [2.45, 2.75) is 39.7 Å². The molecule has 0 aliphatic carbocycles. The molecule has 1 aliphatic rings. The van der Waals surface area contributed by atoms with Gasteiger partial charge in [-0.25, -0.2) is 0 Å². The van der Waals surface area contributed by atoms with E-state index in [0.717, 1.165) is 13.1 Å². The fourth-order valence-electron chi connectivity index (χ4n) is 1.60. The van der Waals surface area contributed by atoms with Crippen molar-refractivity contribution >= 4 is 0 Å². The Morgan fingerprint density at radius 3 is 2.64 bits per heavy atom. The monoisotopic (exact) mass is 196 g/mol. The zero-order valence-electron chi connectivity index (χ0n) is 10.1. The summed E-state index contributed by atoms with van der Waals surface area (Å²) in [5.41, 5.74) is 1.80. The molecule has 2 heteroatoms. The molecule has 0 fully saturated rings. The molecule has 1 rings (SSSR count). The molecule has 1 N–H and O–H groups in total. The van der Waals surface area contributed by atoms with Crippen molar-refractivity contribution in [2.75, 3.05) is 26.2 Å². The number of nitrogens with one attached hydrogen (secondary N) is 1. The molecule has 0 saturated heterocycles. The van der Waals surface area contributed by atoms with E-state index in [0.29, 0.717) is 0 Å². The van der Waals surface area contributed by atoms with E-state index in [1.165, 1.54) is 19.5 Å². The van der Waals surface area contributed by atoms with E-state index in [-0.39, 0.29) is 5.54 Å². The average Bonchev–Trinajstić information content (AvgIpc) is 2.06. The van der Waals surface area contributed by atoms with Crippen LogP contribution >= 0.6 is 0 Å². The minimum absolute atomic E-state index is 0.252. The largest absolute Gasteiger partial charge is 0.311 e. The average molecular weight is 196 g/mol. The van der Waals surface area contributed by atoms with Gasteiger partial charge in [0, 0.05) is 31.7 Å². The first-order chi connectivity index (χ1) is 6.47. The maximum absolute atomic E-state index is 3.52. The number of nitrogens with zero attached hydrogens (tertiary/aromatic N) is 1. The van der Waals surface area contributed by atoms with Gasteiger partial charge in [0.25, 0.3) is 0 Å². The van der Waals surface area contributed by atoms with E-state index in [2.05, 4.69) is 44.0 Å². The Kier molecular flexibility index (Phi) is 4.14. The first-order valence-electron chi connectivity index (χ1n) is 5.60. The van der Waals surface area contributed by atoms with Crippen molar-refractivity contribution in [1.82, 2.24) is 10.2 Å². The fourth-order valence-corrected chi connectivity index (χ4v) is 1.60. The van der Waals surface area contributed by atoms with Gasteiger partial charge in [-0.15, -0.1) is 0 Å². The van der Waals surface area contributed by atoms with Crippen molar-refractivity contribution in [3.05, 3.63) is 11.6 Å². The van der Waals surface area contributed by atoms with Crippen molar-refractivity contribution in [3.8, 4) is 0 Å². The summed E-state index contributed by atoms with van der Waals surface area (Å²) < 4.78 is 0. The molecule has 1 aliphatic heterocycles. The molecular formula is C12H24N2. The van der Waals surface area contributed by atoms with Crippen LogP contribution in [0.15, 0.2) is 11.6 Å². The highest BCUT2D eigenvalue weighted by atomic mass is 15.1. The molecule has 0 unspecified atom stereocenters. The lowest BCUT2D eigenvalue weighted by Gasteiger charge is -2.27. The van der Waals surface area contributed by atoms with Crippen LogP contribution in [0.5, 0.6) is 0 Å². The van der Waals surface area contributed by atoms with Gasteiger partial charge in [0.15, 0.2) is 0 Å². The van der Waals surface area contributed by atoms with Crippen LogP contribution < -0.4 is 5.32 Å². The summed E-state index contributed by atoms with van der Waals surface area (Å²) in [7, 11) is 0. The van der Waals surface area contributed by atoms with Crippen LogP contribution in [0.1, 0.15) is 34.1 Å². The predicted molar refractivity (Wildman–Crippen MR) is 62.6 cm³/mol. The third-order valence-electron chi connectivity index (χ3n) is 2.60. The maximum Gasteiger partial charge on any atom is 0.0166 e. The van der Waals surface area contributed by atoms with Gasteiger partial charge < -0.3 is 5.32 Å². The molecule has 0 spiro atoms. The molecule has 0 atom stereocenters. The second-order valence-corrected chi connectivity index (χ2v) is 5.28. The SMILES string of the molecule is CC1=CCN(CCNC(C)(C)C)CC1. The summed E-state index contributed by atoms with van der Waals surface area (Å²) in [5, 5.41) is 3.52. The highest BCUT2D eigenvalue weighted by Crippen LogP contribution is 2.08. The zero-order chi connectivity index (χ0) is 10.6. The highest BCUT2D eigenvalue weighted by Gasteiger charge is 2.11. The van der Waals surface area contributed by atoms with Gasteiger partial charge >= 0.3 is 0 Å². The molecule has 0 aromatic rings. The second-order valence-electron chi connectivity index (χ2n) is 5.28. The molecule has 82 valence electrons. The number of rotatable bonds is 3. The van der Waals surface area contributed by atoms with Crippen molar-refractivity contribution < 1.29 is 0 Å². The van der Waals surface area contributed by atoms with Crippen molar-refractivity contribution in [3.63, 3.8) is 0 Å². The van der Waals surface area contributed by atoms with Crippen LogP contribution in [0.2, 0.25) is 0 Å². The summed E-state index contributed by atoms with van der Waals surface area (Å²) >= 11 is 0. The van der Waals surface area contributed by atoms with E-state index in [1.807, 2.05) is 0 Å². The Hall–Kier alpha value is -0.340. The Morgan fingerprint density at radius 2 is 2.14 bits per heavy atom. The predicted octanol–water partition coefficient (Wildman–Crippen LogP) is 2.03. The summed E-state index contributed by atoms with van der Waals surface area (Å²) in [6.07, 6.45) is 3.59.